The third-order valence-electron chi connectivity index (χ3n) is 4.27. The fourth-order valence-corrected chi connectivity index (χ4v) is 3.82. The number of carbonyl (C=O) groups is 4. The van der Waals surface area contributed by atoms with Crippen molar-refractivity contribution in [2.75, 3.05) is 19.6 Å². The molecule has 2 aromatic rings. The molecule has 1 aromatic carbocycles. The molecule has 3 rings (SSSR count). The molecule has 0 spiro atoms. The zero-order chi connectivity index (χ0) is 22.2. The first-order valence-electron chi connectivity index (χ1n) is 9.40. The summed E-state index contributed by atoms with van der Waals surface area (Å²) in [4.78, 5) is 53.9. The van der Waals surface area contributed by atoms with E-state index in [-0.39, 0.29) is 43.1 Å². The van der Waals surface area contributed by atoms with Crippen molar-refractivity contribution in [2.45, 2.75) is 6.42 Å². The number of nitrogens with one attached hydrogen (secondary N) is 2. The molecule has 2 heterocycles. The molecular weight excluding hydrogens is 440 g/mol. The Bertz CT molecular complexity index is 1030. The van der Waals surface area contributed by atoms with Gasteiger partial charge in [-0.1, -0.05) is 29.8 Å². The van der Waals surface area contributed by atoms with Gasteiger partial charge >= 0.3 is 0 Å². The minimum Gasteiger partial charge on any atom is -0.354 e. The second kappa shape index (κ2) is 10.7. The van der Waals surface area contributed by atoms with Gasteiger partial charge in [-0.05, 0) is 41.6 Å². The first kappa shape index (κ1) is 22.5. The average molecular weight is 459 g/mol. The topological polar surface area (TPSA) is 108 Å². The highest BCUT2D eigenvalue weighted by atomic mass is 35.5. The van der Waals surface area contributed by atoms with Crippen molar-refractivity contribution < 1.29 is 19.2 Å². The van der Waals surface area contributed by atoms with Crippen LogP contribution in [0.4, 0.5) is 4.79 Å². The van der Waals surface area contributed by atoms with E-state index in [2.05, 4.69) is 15.6 Å². The maximum atomic E-state index is 12.4. The van der Waals surface area contributed by atoms with Crippen LogP contribution in [0.5, 0.6) is 0 Å². The van der Waals surface area contributed by atoms with Crippen LogP contribution in [0, 0.1) is 0 Å². The van der Waals surface area contributed by atoms with Crippen molar-refractivity contribution in [1.82, 2.24) is 20.5 Å². The lowest BCUT2D eigenvalue weighted by atomic mass is 10.2. The van der Waals surface area contributed by atoms with Crippen molar-refractivity contribution in [3.63, 3.8) is 0 Å². The first-order valence-corrected chi connectivity index (χ1v) is 10.6. The number of thioether (sulfide) groups is 1. The number of halogens is 1. The number of hydrogen-bond donors (Lipinski definition) is 2. The number of pyridine rings is 1. The summed E-state index contributed by atoms with van der Waals surface area (Å²) in [7, 11) is 0. The van der Waals surface area contributed by atoms with E-state index in [9.17, 15) is 19.2 Å². The summed E-state index contributed by atoms with van der Waals surface area (Å²) in [6.45, 7) is 0.313. The molecule has 1 aliphatic rings. The van der Waals surface area contributed by atoms with Gasteiger partial charge in [-0.15, -0.1) is 0 Å². The molecule has 10 heteroatoms. The summed E-state index contributed by atoms with van der Waals surface area (Å²) in [5.74, 6) is -1.07. The monoisotopic (exact) mass is 458 g/mol. The second-order valence-electron chi connectivity index (χ2n) is 6.46. The largest absolute Gasteiger partial charge is 0.354 e. The molecule has 0 bridgehead atoms. The summed E-state index contributed by atoms with van der Waals surface area (Å²) in [6.07, 6.45) is 4.88. The molecule has 4 amide bonds. The Labute approximate surface area is 188 Å². The number of hydrogen-bond acceptors (Lipinski definition) is 6. The molecule has 0 atom stereocenters. The van der Waals surface area contributed by atoms with Gasteiger partial charge in [0.05, 0.1) is 15.5 Å². The quantitative estimate of drug-likeness (QED) is 0.589. The Hall–Kier alpha value is -3.17. The second-order valence-corrected chi connectivity index (χ2v) is 7.86. The van der Waals surface area contributed by atoms with E-state index in [0.29, 0.717) is 15.5 Å². The van der Waals surface area contributed by atoms with Crippen LogP contribution in [-0.2, 0) is 9.59 Å². The minimum atomic E-state index is -0.403. The Balaban J connectivity index is 1.40. The highest BCUT2D eigenvalue weighted by Gasteiger charge is 2.34. The van der Waals surface area contributed by atoms with E-state index in [0.717, 1.165) is 22.2 Å². The van der Waals surface area contributed by atoms with Crippen LogP contribution < -0.4 is 10.6 Å². The number of amides is 4. The molecule has 0 aliphatic carbocycles. The van der Waals surface area contributed by atoms with Crippen LogP contribution in [0.15, 0.2) is 53.7 Å². The molecule has 1 saturated heterocycles. The number of benzene rings is 1. The maximum Gasteiger partial charge on any atom is 0.293 e. The molecule has 0 saturated carbocycles. The number of nitrogens with zero attached hydrogens (tertiary/aromatic N) is 2. The van der Waals surface area contributed by atoms with Gasteiger partial charge in [-0.3, -0.25) is 29.1 Å². The Kier molecular flexibility index (Phi) is 7.80. The van der Waals surface area contributed by atoms with E-state index in [1.807, 2.05) is 0 Å². The number of imide groups is 1. The Morgan fingerprint density at radius 1 is 1.10 bits per heavy atom. The van der Waals surface area contributed by atoms with Crippen LogP contribution in [0.1, 0.15) is 22.3 Å². The number of aromatic nitrogens is 1. The van der Waals surface area contributed by atoms with Crippen LogP contribution in [0.2, 0.25) is 5.02 Å². The predicted octanol–water partition coefficient (Wildman–Crippen LogP) is 2.71. The van der Waals surface area contributed by atoms with Gasteiger partial charge < -0.3 is 10.6 Å². The van der Waals surface area contributed by atoms with Gasteiger partial charge in [-0.2, -0.15) is 0 Å². The summed E-state index contributed by atoms with van der Waals surface area (Å²) in [6, 6.07) is 10.1. The van der Waals surface area contributed by atoms with Gasteiger partial charge in [0, 0.05) is 38.4 Å². The first-order chi connectivity index (χ1) is 15.0. The highest BCUT2D eigenvalue weighted by Crippen LogP contribution is 2.31. The van der Waals surface area contributed by atoms with Gasteiger partial charge in [0.15, 0.2) is 0 Å². The third kappa shape index (κ3) is 6.16. The summed E-state index contributed by atoms with van der Waals surface area (Å²) < 4.78 is 0. The maximum absolute atomic E-state index is 12.4. The third-order valence-corrected chi connectivity index (χ3v) is 5.51. The molecule has 1 fully saturated rings. The lowest BCUT2D eigenvalue weighted by Gasteiger charge is -2.13. The van der Waals surface area contributed by atoms with Crippen molar-refractivity contribution in [2.24, 2.45) is 0 Å². The van der Waals surface area contributed by atoms with Crippen LogP contribution in [-0.4, -0.2) is 52.5 Å². The lowest BCUT2D eigenvalue weighted by molar-refractivity contribution is -0.124. The summed E-state index contributed by atoms with van der Waals surface area (Å²) >= 11 is 6.81. The molecule has 1 aromatic heterocycles. The normalized spacial score (nSPS) is 14.7. The van der Waals surface area contributed by atoms with E-state index in [1.165, 1.54) is 0 Å². The van der Waals surface area contributed by atoms with E-state index >= 15 is 0 Å². The highest BCUT2D eigenvalue weighted by molar-refractivity contribution is 8.18. The SMILES string of the molecule is O=C(CCNC(=O)c1ccccc1Cl)NCCN1C(=O)S/C(=C/c2cccnc2)C1=O. The van der Waals surface area contributed by atoms with Gasteiger partial charge in [-0.25, -0.2) is 0 Å². The molecule has 8 nitrogen and oxygen atoms in total. The predicted molar refractivity (Wildman–Crippen MR) is 118 cm³/mol. The smallest absolute Gasteiger partial charge is 0.293 e. The van der Waals surface area contributed by atoms with E-state index in [4.69, 9.17) is 11.6 Å². The van der Waals surface area contributed by atoms with E-state index < -0.39 is 5.91 Å². The Morgan fingerprint density at radius 3 is 2.65 bits per heavy atom. The molecule has 1 aliphatic heterocycles. The fourth-order valence-electron chi connectivity index (χ4n) is 2.73. The van der Waals surface area contributed by atoms with E-state index in [1.54, 1.807) is 54.9 Å². The van der Waals surface area contributed by atoms with Crippen LogP contribution in [0.25, 0.3) is 6.08 Å². The molecule has 2 N–H and O–H groups in total. The Morgan fingerprint density at radius 2 is 1.90 bits per heavy atom. The van der Waals surface area contributed by atoms with Crippen molar-refractivity contribution in [1.29, 1.82) is 0 Å². The van der Waals surface area contributed by atoms with Crippen molar-refractivity contribution in [3.05, 3.63) is 69.8 Å². The lowest BCUT2D eigenvalue weighted by Crippen LogP contribution is -2.38. The minimum absolute atomic E-state index is 0.0546. The van der Waals surface area contributed by atoms with Gasteiger partial charge in [0.2, 0.25) is 5.91 Å². The van der Waals surface area contributed by atoms with Gasteiger partial charge in [0.1, 0.15) is 0 Å². The summed E-state index contributed by atoms with van der Waals surface area (Å²) in [5, 5.41) is 5.21. The standard InChI is InChI=1S/C21H19ClN4O4S/c22-16-6-2-1-5-15(16)19(28)25-9-7-18(27)24-10-11-26-20(29)17(31-21(26)30)12-14-4-3-8-23-13-14/h1-6,8,12-13H,7,9-11H2,(H,24,27)(H,25,28)/b17-12+. The average Bonchev–Trinajstić information content (AvgIpc) is 3.02. The number of carbonyl (C=O) groups excluding carboxylic acids is 4. The molecule has 31 heavy (non-hydrogen) atoms. The zero-order valence-corrected chi connectivity index (χ0v) is 17.9. The molecule has 0 unspecified atom stereocenters. The molecular formula is C21H19ClN4O4S. The zero-order valence-electron chi connectivity index (χ0n) is 16.3. The molecule has 0 radical (unpaired) electrons. The van der Waals surface area contributed by atoms with Crippen molar-refractivity contribution in [3.8, 4) is 0 Å². The fraction of sp³-hybridized carbons (Fsp3) is 0.190. The summed E-state index contributed by atoms with van der Waals surface area (Å²) in [5.41, 5.74) is 1.06. The van der Waals surface area contributed by atoms with Crippen LogP contribution in [0.3, 0.4) is 0 Å². The van der Waals surface area contributed by atoms with Gasteiger partial charge in [0.25, 0.3) is 17.1 Å². The number of rotatable bonds is 8. The molecule has 160 valence electrons. The van der Waals surface area contributed by atoms with Crippen molar-refractivity contribution >= 4 is 52.4 Å². The van der Waals surface area contributed by atoms with Crippen LogP contribution >= 0.6 is 23.4 Å².